The van der Waals surface area contributed by atoms with Crippen molar-refractivity contribution >= 4 is 23.3 Å². The van der Waals surface area contributed by atoms with Gasteiger partial charge in [-0.3, -0.25) is 4.79 Å². The quantitative estimate of drug-likeness (QED) is 0.795. The van der Waals surface area contributed by atoms with Crippen LogP contribution in [0.15, 0.2) is 18.2 Å². The molecule has 6 heteroatoms. The number of esters is 1. The van der Waals surface area contributed by atoms with E-state index < -0.39 is 5.97 Å². The average molecular weight is 264 g/mol. The van der Waals surface area contributed by atoms with Gasteiger partial charge in [0.2, 0.25) is 0 Å². The normalized spacial score (nSPS) is 13.4. The van der Waals surface area contributed by atoms with Gasteiger partial charge in [-0.15, -0.1) is 0 Å². The summed E-state index contributed by atoms with van der Waals surface area (Å²) in [5, 5.41) is 12.1. The first-order valence-corrected chi connectivity index (χ1v) is 6.05. The van der Waals surface area contributed by atoms with Crippen LogP contribution < -0.4 is 10.2 Å². The van der Waals surface area contributed by atoms with Crippen molar-refractivity contribution in [3.63, 3.8) is 0 Å². The highest BCUT2D eigenvalue weighted by molar-refractivity contribution is 5.91. The molecular formula is C13H16N2O4. The van der Waals surface area contributed by atoms with Gasteiger partial charge in [-0.1, -0.05) is 0 Å². The number of aromatic carboxylic acids is 1. The summed E-state index contributed by atoms with van der Waals surface area (Å²) in [5.74, 6) is -1.20. The van der Waals surface area contributed by atoms with Gasteiger partial charge in [-0.2, -0.15) is 0 Å². The minimum atomic E-state index is -0.948. The molecule has 1 heterocycles. The van der Waals surface area contributed by atoms with E-state index in [1.807, 2.05) is 4.90 Å². The summed E-state index contributed by atoms with van der Waals surface area (Å²) in [6.07, 6.45) is 0.316. The lowest BCUT2D eigenvalue weighted by Gasteiger charge is -2.32. The molecule has 0 saturated heterocycles. The van der Waals surface area contributed by atoms with E-state index in [2.05, 4.69) is 10.1 Å². The van der Waals surface area contributed by atoms with Crippen LogP contribution in [0.5, 0.6) is 0 Å². The third-order valence-electron chi connectivity index (χ3n) is 3.09. The first-order chi connectivity index (χ1) is 9.11. The molecule has 0 unspecified atom stereocenters. The molecule has 0 radical (unpaired) electrons. The largest absolute Gasteiger partial charge is 0.478 e. The summed E-state index contributed by atoms with van der Waals surface area (Å²) in [7, 11) is 1.37. The zero-order chi connectivity index (χ0) is 13.8. The number of ether oxygens (including phenoxy) is 1. The molecule has 1 aromatic rings. The van der Waals surface area contributed by atoms with Gasteiger partial charge in [-0.25, -0.2) is 4.79 Å². The number of benzene rings is 1. The number of nitrogens with zero attached hydrogens (tertiary/aromatic N) is 1. The van der Waals surface area contributed by atoms with Crippen LogP contribution in [-0.4, -0.2) is 43.8 Å². The Bertz CT molecular complexity index is 501. The fraction of sp³-hybridized carbons (Fsp3) is 0.385. The molecule has 2 N–H and O–H groups in total. The van der Waals surface area contributed by atoms with Crippen LogP contribution in [0.3, 0.4) is 0 Å². The second-order valence-electron chi connectivity index (χ2n) is 4.28. The van der Waals surface area contributed by atoms with E-state index >= 15 is 0 Å². The third kappa shape index (κ3) is 2.96. The van der Waals surface area contributed by atoms with Crippen molar-refractivity contribution in [3.05, 3.63) is 23.8 Å². The Hall–Kier alpha value is -2.24. The number of carboxylic acids is 1. The second-order valence-corrected chi connectivity index (χ2v) is 4.28. The lowest BCUT2D eigenvalue weighted by Crippen LogP contribution is -2.35. The van der Waals surface area contributed by atoms with Gasteiger partial charge in [0.25, 0.3) is 0 Å². The molecule has 0 spiro atoms. The summed E-state index contributed by atoms with van der Waals surface area (Å²) >= 11 is 0. The van der Waals surface area contributed by atoms with Gasteiger partial charge in [0.15, 0.2) is 0 Å². The number of nitrogens with one attached hydrogen (secondary N) is 1. The van der Waals surface area contributed by atoms with Crippen LogP contribution >= 0.6 is 0 Å². The van der Waals surface area contributed by atoms with Crippen LogP contribution in [0.2, 0.25) is 0 Å². The Morgan fingerprint density at radius 3 is 2.95 bits per heavy atom. The van der Waals surface area contributed by atoms with Crippen LogP contribution in [0.1, 0.15) is 16.8 Å². The highest BCUT2D eigenvalue weighted by atomic mass is 16.5. The van der Waals surface area contributed by atoms with Crippen LogP contribution in [0.25, 0.3) is 0 Å². The first kappa shape index (κ1) is 13.2. The van der Waals surface area contributed by atoms with Gasteiger partial charge in [0, 0.05) is 19.6 Å². The van der Waals surface area contributed by atoms with E-state index in [-0.39, 0.29) is 11.5 Å². The molecule has 19 heavy (non-hydrogen) atoms. The van der Waals surface area contributed by atoms with Gasteiger partial charge >= 0.3 is 11.9 Å². The minimum absolute atomic E-state index is 0.248. The van der Waals surface area contributed by atoms with Crippen molar-refractivity contribution in [1.29, 1.82) is 0 Å². The first-order valence-electron chi connectivity index (χ1n) is 6.05. The molecule has 0 saturated carbocycles. The molecule has 0 fully saturated rings. The summed E-state index contributed by atoms with van der Waals surface area (Å²) < 4.78 is 4.62. The number of fused-ring (bicyclic) bond motifs is 1. The predicted octanol–water partition coefficient (Wildman–Crippen LogP) is 1.18. The molecule has 6 nitrogen and oxygen atoms in total. The van der Waals surface area contributed by atoms with Crippen molar-refractivity contribution in [2.75, 3.05) is 37.0 Å². The molecule has 0 aliphatic carbocycles. The molecular weight excluding hydrogens is 248 g/mol. The summed E-state index contributed by atoms with van der Waals surface area (Å²) in [6, 6.07) is 4.95. The van der Waals surface area contributed by atoms with Gasteiger partial charge in [0.05, 0.1) is 30.5 Å². The molecule has 102 valence electrons. The molecule has 1 aromatic carbocycles. The van der Waals surface area contributed by atoms with E-state index in [1.165, 1.54) is 7.11 Å². The van der Waals surface area contributed by atoms with Crippen molar-refractivity contribution in [3.8, 4) is 0 Å². The Morgan fingerprint density at radius 2 is 2.26 bits per heavy atom. The maximum atomic E-state index is 11.2. The number of hydrogen-bond donors (Lipinski definition) is 2. The van der Waals surface area contributed by atoms with E-state index in [1.54, 1.807) is 18.2 Å². The summed E-state index contributed by atoms with van der Waals surface area (Å²) in [5.41, 5.74) is 1.96. The number of methoxy groups -OCH3 is 1. The standard InChI is InChI=1S/C13H16N2O4/c1-19-12(16)4-6-15-7-5-14-10-8-9(13(17)18)2-3-11(10)15/h2-3,8,14H,4-7H2,1H3,(H,17,18). The maximum absolute atomic E-state index is 11.2. The van der Waals surface area contributed by atoms with Crippen molar-refractivity contribution in [2.24, 2.45) is 0 Å². The van der Waals surface area contributed by atoms with Gasteiger partial charge in [0.1, 0.15) is 0 Å². The highest BCUT2D eigenvalue weighted by Gasteiger charge is 2.18. The number of carbonyl (C=O) groups is 2. The number of carbonyl (C=O) groups excluding carboxylic acids is 1. The second kappa shape index (κ2) is 5.60. The number of rotatable bonds is 4. The van der Waals surface area contributed by atoms with E-state index in [0.29, 0.717) is 13.0 Å². The zero-order valence-corrected chi connectivity index (χ0v) is 10.7. The van der Waals surface area contributed by atoms with Crippen molar-refractivity contribution in [2.45, 2.75) is 6.42 Å². The predicted molar refractivity (Wildman–Crippen MR) is 70.7 cm³/mol. The lowest BCUT2D eigenvalue weighted by atomic mass is 10.1. The topological polar surface area (TPSA) is 78.9 Å². The van der Waals surface area contributed by atoms with Crippen LogP contribution in [-0.2, 0) is 9.53 Å². The van der Waals surface area contributed by atoms with Gasteiger partial charge in [-0.05, 0) is 18.2 Å². The zero-order valence-electron chi connectivity index (χ0n) is 10.7. The summed E-state index contributed by atoms with van der Waals surface area (Å²) in [6.45, 7) is 2.06. The van der Waals surface area contributed by atoms with E-state index in [4.69, 9.17) is 5.11 Å². The average Bonchev–Trinajstić information content (AvgIpc) is 2.43. The Labute approximate surface area is 111 Å². The lowest BCUT2D eigenvalue weighted by molar-refractivity contribution is -0.140. The molecule has 0 bridgehead atoms. The SMILES string of the molecule is COC(=O)CCN1CCNc2cc(C(=O)O)ccc21. The number of anilines is 2. The molecule has 0 aromatic heterocycles. The Kier molecular flexibility index (Phi) is 3.89. The molecule has 0 amide bonds. The molecule has 0 atom stereocenters. The number of carboxylic acid groups (broad SMARTS) is 1. The molecule has 2 rings (SSSR count). The van der Waals surface area contributed by atoms with E-state index in [9.17, 15) is 9.59 Å². The highest BCUT2D eigenvalue weighted by Crippen LogP contribution is 2.30. The minimum Gasteiger partial charge on any atom is -0.478 e. The Balaban J connectivity index is 2.15. The smallest absolute Gasteiger partial charge is 0.335 e. The monoisotopic (exact) mass is 264 g/mol. The van der Waals surface area contributed by atoms with Crippen molar-refractivity contribution < 1.29 is 19.4 Å². The third-order valence-corrected chi connectivity index (χ3v) is 3.09. The van der Waals surface area contributed by atoms with Crippen LogP contribution in [0.4, 0.5) is 11.4 Å². The van der Waals surface area contributed by atoms with Crippen LogP contribution in [0, 0.1) is 0 Å². The molecule has 1 aliphatic rings. The fourth-order valence-corrected chi connectivity index (χ4v) is 2.09. The fourth-order valence-electron chi connectivity index (χ4n) is 2.09. The number of hydrogen-bond acceptors (Lipinski definition) is 5. The summed E-state index contributed by atoms with van der Waals surface area (Å²) in [4.78, 5) is 24.1. The van der Waals surface area contributed by atoms with E-state index in [0.717, 1.165) is 24.5 Å². The van der Waals surface area contributed by atoms with Crippen molar-refractivity contribution in [1.82, 2.24) is 0 Å². The van der Waals surface area contributed by atoms with Gasteiger partial charge < -0.3 is 20.1 Å². The molecule has 1 aliphatic heterocycles. The maximum Gasteiger partial charge on any atom is 0.335 e. The Morgan fingerprint density at radius 1 is 1.47 bits per heavy atom.